The third-order valence-electron chi connectivity index (χ3n) is 4.21. The molecule has 0 spiro atoms. The van der Waals surface area contributed by atoms with Crippen LogP contribution in [0.4, 0.5) is 13.2 Å². The molecule has 6 heteroatoms. The molecular weight excluding hydrogens is 269 g/mol. The minimum absolute atomic E-state index is 0.164. The summed E-state index contributed by atoms with van der Waals surface area (Å²) in [7, 11) is 0. The average Bonchev–Trinajstić information content (AvgIpc) is 2.26. The Morgan fingerprint density at radius 3 is 2.40 bits per heavy atom. The van der Waals surface area contributed by atoms with Crippen LogP contribution in [-0.4, -0.2) is 24.7 Å². The smallest absolute Gasteiger partial charge is 0.387 e. The predicted octanol–water partition coefficient (Wildman–Crippen LogP) is 3.58. The summed E-state index contributed by atoms with van der Waals surface area (Å²) in [6.45, 7) is 5.70. The second-order valence-corrected chi connectivity index (χ2v) is 6.25. The van der Waals surface area contributed by atoms with Crippen molar-refractivity contribution < 1.29 is 17.9 Å². The van der Waals surface area contributed by atoms with Crippen molar-refractivity contribution in [1.29, 1.82) is 5.41 Å². The number of amidine groups is 1. The second-order valence-electron chi connectivity index (χ2n) is 6.25. The summed E-state index contributed by atoms with van der Waals surface area (Å²) in [5.74, 6) is -1.73. The van der Waals surface area contributed by atoms with Crippen molar-refractivity contribution in [2.75, 3.05) is 6.61 Å². The van der Waals surface area contributed by atoms with Crippen LogP contribution in [0.5, 0.6) is 0 Å². The molecule has 20 heavy (non-hydrogen) atoms. The Kier molecular flexibility index (Phi) is 5.86. The van der Waals surface area contributed by atoms with E-state index in [-0.39, 0.29) is 12.0 Å². The summed E-state index contributed by atoms with van der Waals surface area (Å²) in [6, 6.07) is 0. The van der Waals surface area contributed by atoms with E-state index in [0.29, 0.717) is 11.8 Å². The molecule has 4 unspecified atom stereocenters. The van der Waals surface area contributed by atoms with Crippen molar-refractivity contribution in [3.63, 3.8) is 0 Å². The van der Waals surface area contributed by atoms with Crippen molar-refractivity contribution in [3.05, 3.63) is 0 Å². The van der Waals surface area contributed by atoms with Gasteiger partial charge in [0.15, 0.2) is 0 Å². The van der Waals surface area contributed by atoms with Crippen molar-refractivity contribution in [1.82, 2.24) is 0 Å². The van der Waals surface area contributed by atoms with Gasteiger partial charge < -0.3 is 10.5 Å². The lowest BCUT2D eigenvalue weighted by molar-refractivity contribution is -0.177. The summed E-state index contributed by atoms with van der Waals surface area (Å²) < 4.78 is 43.8. The first kappa shape index (κ1) is 17.3. The first-order valence-corrected chi connectivity index (χ1v) is 7.15. The van der Waals surface area contributed by atoms with Crippen LogP contribution >= 0.6 is 0 Å². The summed E-state index contributed by atoms with van der Waals surface area (Å²) in [5, 5.41) is 7.08. The summed E-state index contributed by atoms with van der Waals surface area (Å²) in [4.78, 5) is 0. The van der Waals surface area contributed by atoms with E-state index >= 15 is 0 Å². The molecule has 0 aliphatic heterocycles. The molecule has 1 fully saturated rings. The lowest BCUT2D eigenvalue weighted by Crippen LogP contribution is -2.42. The highest BCUT2D eigenvalue weighted by Crippen LogP contribution is 2.36. The molecule has 0 aromatic rings. The summed E-state index contributed by atoms with van der Waals surface area (Å²) >= 11 is 0. The van der Waals surface area contributed by atoms with E-state index in [0.717, 1.165) is 19.3 Å². The van der Waals surface area contributed by atoms with Gasteiger partial charge in [-0.2, -0.15) is 13.2 Å². The van der Waals surface area contributed by atoms with Gasteiger partial charge in [0.05, 0.1) is 12.7 Å². The van der Waals surface area contributed by atoms with Crippen LogP contribution in [0.25, 0.3) is 0 Å². The van der Waals surface area contributed by atoms with E-state index in [4.69, 9.17) is 15.9 Å². The number of alkyl halides is 3. The number of halogens is 3. The first-order valence-electron chi connectivity index (χ1n) is 7.15. The van der Waals surface area contributed by atoms with Crippen LogP contribution in [0, 0.1) is 29.1 Å². The SMILES string of the molecule is CC1CCC(C(C)C)C(OCC(C(=N)N)C(F)(F)F)C1. The lowest BCUT2D eigenvalue weighted by atomic mass is 9.75. The molecule has 1 aliphatic carbocycles. The van der Waals surface area contributed by atoms with Gasteiger partial charge in [0.2, 0.25) is 0 Å². The van der Waals surface area contributed by atoms with Gasteiger partial charge in [-0.25, -0.2) is 0 Å². The van der Waals surface area contributed by atoms with E-state index in [1.165, 1.54) is 0 Å². The lowest BCUT2D eigenvalue weighted by Gasteiger charge is -2.37. The van der Waals surface area contributed by atoms with E-state index < -0.39 is 24.5 Å². The normalized spacial score (nSPS) is 29.4. The molecule has 3 nitrogen and oxygen atoms in total. The van der Waals surface area contributed by atoms with Gasteiger partial charge in [-0.15, -0.1) is 0 Å². The number of nitrogens with two attached hydrogens (primary N) is 1. The maximum atomic E-state index is 12.8. The molecule has 1 aliphatic rings. The molecule has 0 aromatic heterocycles. The number of rotatable bonds is 5. The Hall–Kier alpha value is -0.780. The fourth-order valence-corrected chi connectivity index (χ4v) is 2.89. The van der Waals surface area contributed by atoms with Gasteiger partial charge in [0.1, 0.15) is 11.8 Å². The summed E-state index contributed by atoms with van der Waals surface area (Å²) in [6.07, 6.45) is -1.81. The highest BCUT2D eigenvalue weighted by atomic mass is 19.4. The van der Waals surface area contributed by atoms with E-state index in [1.807, 2.05) is 0 Å². The molecule has 0 saturated heterocycles. The Balaban J connectivity index is 2.66. The van der Waals surface area contributed by atoms with Gasteiger partial charge in [0.25, 0.3) is 0 Å². The molecular formula is C14H25F3N2O. The standard InChI is InChI=1S/C14H25F3N2O/c1-8(2)10-5-4-9(3)6-12(10)20-7-11(13(18)19)14(15,16)17/h8-12H,4-7H2,1-3H3,(H3,18,19). The Morgan fingerprint density at radius 2 is 1.95 bits per heavy atom. The monoisotopic (exact) mass is 294 g/mol. The molecule has 0 heterocycles. The Bertz CT molecular complexity index is 331. The molecule has 0 bridgehead atoms. The minimum atomic E-state index is -4.51. The van der Waals surface area contributed by atoms with Crippen LogP contribution < -0.4 is 5.73 Å². The molecule has 0 aromatic carbocycles. The van der Waals surface area contributed by atoms with Crippen LogP contribution in [0.3, 0.4) is 0 Å². The van der Waals surface area contributed by atoms with Crippen LogP contribution in [0.2, 0.25) is 0 Å². The van der Waals surface area contributed by atoms with Crippen molar-refractivity contribution >= 4 is 5.84 Å². The van der Waals surface area contributed by atoms with Crippen molar-refractivity contribution in [2.45, 2.75) is 52.3 Å². The highest BCUT2D eigenvalue weighted by molar-refractivity contribution is 5.80. The zero-order valence-corrected chi connectivity index (χ0v) is 12.3. The quantitative estimate of drug-likeness (QED) is 0.601. The molecule has 4 atom stereocenters. The Morgan fingerprint density at radius 1 is 1.35 bits per heavy atom. The molecule has 3 N–H and O–H groups in total. The number of hydrogen-bond donors (Lipinski definition) is 2. The predicted molar refractivity (Wildman–Crippen MR) is 72.5 cm³/mol. The van der Waals surface area contributed by atoms with Gasteiger partial charge >= 0.3 is 6.18 Å². The maximum Gasteiger partial charge on any atom is 0.400 e. The zero-order valence-electron chi connectivity index (χ0n) is 12.3. The van der Waals surface area contributed by atoms with E-state index in [1.54, 1.807) is 0 Å². The number of ether oxygens (including phenoxy) is 1. The fourth-order valence-electron chi connectivity index (χ4n) is 2.89. The van der Waals surface area contributed by atoms with E-state index in [2.05, 4.69) is 20.8 Å². The van der Waals surface area contributed by atoms with Crippen molar-refractivity contribution in [2.24, 2.45) is 29.4 Å². The molecule has 0 amide bonds. The highest BCUT2D eigenvalue weighted by Gasteiger charge is 2.43. The Labute approximate surface area is 118 Å². The molecule has 1 rings (SSSR count). The topological polar surface area (TPSA) is 59.1 Å². The molecule has 1 saturated carbocycles. The van der Waals surface area contributed by atoms with Gasteiger partial charge in [0, 0.05) is 0 Å². The van der Waals surface area contributed by atoms with Crippen LogP contribution in [-0.2, 0) is 4.74 Å². The van der Waals surface area contributed by atoms with Crippen LogP contribution in [0.1, 0.15) is 40.0 Å². The van der Waals surface area contributed by atoms with Gasteiger partial charge in [-0.1, -0.05) is 27.2 Å². The first-order chi connectivity index (χ1) is 9.12. The largest absolute Gasteiger partial charge is 0.400 e. The molecule has 118 valence electrons. The van der Waals surface area contributed by atoms with E-state index in [9.17, 15) is 13.2 Å². The van der Waals surface area contributed by atoms with Crippen molar-refractivity contribution in [3.8, 4) is 0 Å². The van der Waals surface area contributed by atoms with Gasteiger partial charge in [-0.05, 0) is 30.6 Å². The average molecular weight is 294 g/mol. The minimum Gasteiger partial charge on any atom is -0.387 e. The van der Waals surface area contributed by atoms with Gasteiger partial charge in [-0.3, -0.25) is 5.41 Å². The second kappa shape index (κ2) is 6.78. The van der Waals surface area contributed by atoms with Crippen LogP contribution in [0.15, 0.2) is 0 Å². The molecule has 0 radical (unpaired) electrons. The fraction of sp³-hybridized carbons (Fsp3) is 0.929. The third-order valence-corrected chi connectivity index (χ3v) is 4.21. The number of hydrogen-bond acceptors (Lipinski definition) is 2. The third kappa shape index (κ3) is 4.65. The summed E-state index contributed by atoms with van der Waals surface area (Å²) in [5.41, 5.74) is 5.04. The number of nitrogens with one attached hydrogen (secondary N) is 1. The zero-order chi connectivity index (χ0) is 15.5. The maximum absolute atomic E-state index is 12.8.